The highest BCUT2D eigenvalue weighted by Crippen LogP contribution is 2.11. The lowest BCUT2D eigenvalue weighted by molar-refractivity contribution is 0.617. The van der Waals surface area contributed by atoms with Gasteiger partial charge in [-0.3, -0.25) is 4.99 Å². The Bertz CT molecular complexity index is 636. The summed E-state index contributed by atoms with van der Waals surface area (Å²) < 4.78 is 13.2. The normalized spacial score (nSPS) is 11.5. The van der Waals surface area contributed by atoms with Gasteiger partial charge in [-0.25, -0.2) is 9.37 Å². The molecule has 2 N–H and O–H groups in total. The molecule has 0 bridgehead atoms. The topological polar surface area (TPSA) is 49.3 Å². The molecule has 0 aliphatic rings. The summed E-state index contributed by atoms with van der Waals surface area (Å²) in [5.74, 6) is 0.532. The van der Waals surface area contributed by atoms with E-state index in [-0.39, 0.29) is 5.82 Å². The van der Waals surface area contributed by atoms with Gasteiger partial charge in [0.15, 0.2) is 5.96 Å². The van der Waals surface area contributed by atoms with E-state index in [4.69, 9.17) is 0 Å². The maximum absolute atomic E-state index is 13.2. The SMILES string of the molecule is CN=C(NCc1ccc(F)c(C)c1)NCc1cnc(C)s1. The lowest BCUT2D eigenvalue weighted by atomic mass is 10.1. The summed E-state index contributed by atoms with van der Waals surface area (Å²) in [5, 5.41) is 7.49. The molecule has 0 atom stereocenters. The van der Waals surface area contributed by atoms with Crippen LogP contribution >= 0.6 is 11.3 Å². The van der Waals surface area contributed by atoms with Gasteiger partial charge >= 0.3 is 0 Å². The summed E-state index contributed by atoms with van der Waals surface area (Å²) in [7, 11) is 1.73. The van der Waals surface area contributed by atoms with Crippen LogP contribution in [0.5, 0.6) is 0 Å². The third kappa shape index (κ3) is 4.53. The summed E-state index contributed by atoms with van der Waals surface area (Å²) in [6.07, 6.45) is 1.86. The molecule has 0 fully saturated rings. The Labute approximate surface area is 128 Å². The minimum absolute atomic E-state index is 0.179. The number of nitrogens with zero attached hydrogens (tertiary/aromatic N) is 2. The molecule has 0 amide bonds. The van der Waals surface area contributed by atoms with E-state index in [1.165, 1.54) is 6.07 Å². The van der Waals surface area contributed by atoms with E-state index < -0.39 is 0 Å². The molecule has 2 aromatic rings. The lowest BCUT2D eigenvalue weighted by Gasteiger charge is -2.11. The lowest BCUT2D eigenvalue weighted by Crippen LogP contribution is -2.36. The molecule has 1 heterocycles. The predicted octanol–water partition coefficient (Wildman–Crippen LogP) is 2.76. The molecule has 0 spiro atoms. The summed E-state index contributed by atoms with van der Waals surface area (Å²) in [5.41, 5.74) is 1.67. The van der Waals surface area contributed by atoms with Crippen molar-refractivity contribution in [1.82, 2.24) is 15.6 Å². The monoisotopic (exact) mass is 306 g/mol. The quantitative estimate of drug-likeness (QED) is 0.674. The fraction of sp³-hybridized carbons (Fsp3) is 0.333. The van der Waals surface area contributed by atoms with Crippen molar-refractivity contribution < 1.29 is 4.39 Å². The molecule has 4 nitrogen and oxygen atoms in total. The Kier molecular flexibility index (Phi) is 5.27. The zero-order valence-electron chi connectivity index (χ0n) is 12.4. The van der Waals surface area contributed by atoms with Gasteiger partial charge in [-0.1, -0.05) is 12.1 Å². The van der Waals surface area contributed by atoms with Crippen LogP contribution in [0, 0.1) is 19.7 Å². The van der Waals surface area contributed by atoms with E-state index in [1.807, 2.05) is 19.2 Å². The first-order valence-corrected chi connectivity index (χ1v) is 7.51. The molecule has 6 heteroatoms. The summed E-state index contributed by atoms with van der Waals surface area (Å²) >= 11 is 1.66. The van der Waals surface area contributed by atoms with Crippen LogP contribution in [0.1, 0.15) is 21.0 Å². The third-order valence-electron chi connectivity index (χ3n) is 3.01. The zero-order valence-corrected chi connectivity index (χ0v) is 13.2. The fourth-order valence-electron chi connectivity index (χ4n) is 1.88. The van der Waals surface area contributed by atoms with Gasteiger partial charge in [0.25, 0.3) is 0 Å². The Balaban J connectivity index is 1.86. The van der Waals surface area contributed by atoms with E-state index in [0.29, 0.717) is 24.6 Å². The average Bonchev–Trinajstić information content (AvgIpc) is 2.88. The molecule has 0 aliphatic heterocycles. The fourth-order valence-corrected chi connectivity index (χ4v) is 2.62. The number of guanidine groups is 1. The average molecular weight is 306 g/mol. The number of hydrogen-bond donors (Lipinski definition) is 2. The summed E-state index contributed by atoms with van der Waals surface area (Å²) in [4.78, 5) is 9.54. The molecule has 1 aromatic carbocycles. The van der Waals surface area contributed by atoms with Crippen LogP contribution < -0.4 is 10.6 Å². The van der Waals surface area contributed by atoms with E-state index in [1.54, 1.807) is 31.4 Å². The van der Waals surface area contributed by atoms with Crippen LogP contribution in [0.25, 0.3) is 0 Å². The number of hydrogen-bond acceptors (Lipinski definition) is 3. The highest BCUT2D eigenvalue weighted by atomic mass is 32.1. The Morgan fingerprint density at radius 1 is 1.29 bits per heavy atom. The summed E-state index contributed by atoms with van der Waals surface area (Å²) in [6, 6.07) is 5.10. The largest absolute Gasteiger partial charge is 0.352 e. The molecule has 21 heavy (non-hydrogen) atoms. The van der Waals surface area contributed by atoms with Gasteiger partial charge in [-0.05, 0) is 31.0 Å². The van der Waals surface area contributed by atoms with Crippen molar-refractivity contribution in [3.63, 3.8) is 0 Å². The van der Waals surface area contributed by atoms with Crippen molar-refractivity contribution in [3.05, 3.63) is 51.2 Å². The molecule has 0 radical (unpaired) electrons. The number of rotatable bonds is 4. The summed E-state index contributed by atoms with van der Waals surface area (Å²) in [6.45, 7) is 5.03. The second kappa shape index (κ2) is 7.17. The number of aliphatic imine (C=N–C) groups is 1. The Morgan fingerprint density at radius 3 is 2.67 bits per heavy atom. The van der Waals surface area contributed by atoms with Crippen LogP contribution in [0.15, 0.2) is 29.4 Å². The molecule has 112 valence electrons. The second-order valence-corrected chi connectivity index (χ2v) is 6.03. The zero-order chi connectivity index (χ0) is 15.2. The van der Waals surface area contributed by atoms with E-state index in [9.17, 15) is 4.39 Å². The molecule has 0 saturated carbocycles. The Morgan fingerprint density at radius 2 is 2.05 bits per heavy atom. The van der Waals surface area contributed by atoms with E-state index >= 15 is 0 Å². The van der Waals surface area contributed by atoms with Gasteiger partial charge in [0.2, 0.25) is 0 Å². The van der Waals surface area contributed by atoms with Crippen molar-refractivity contribution in [3.8, 4) is 0 Å². The van der Waals surface area contributed by atoms with Crippen LogP contribution in [-0.2, 0) is 13.1 Å². The first-order chi connectivity index (χ1) is 10.1. The third-order valence-corrected chi connectivity index (χ3v) is 3.92. The van der Waals surface area contributed by atoms with Crippen LogP contribution in [0.4, 0.5) is 4.39 Å². The van der Waals surface area contributed by atoms with Crippen LogP contribution in [0.2, 0.25) is 0 Å². The van der Waals surface area contributed by atoms with Crippen molar-refractivity contribution in [2.75, 3.05) is 7.05 Å². The highest BCUT2D eigenvalue weighted by Gasteiger charge is 2.03. The predicted molar refractivity (Wildman–Crippen MR) is 85.0 cm³/mol. The highest BCUT2D eigenvalue weighted by molar-refractivity contribution is 7.11. The number of aryl methyl sites for hydroxylation is 2. The van der Waals surface area contributed by atoms with Crippen molar-refractivity contribution >= 4 is 17.3 Å². The van der Waals surface area contributed by atoms with Gasteiger partial charge < -0.3 is 10.6 Å². The first-order valence-electron chi connectivity index (χ1n) is 6.69. The van der Waals surface area contributed by atoms with Crippen LogP contribution in [0.3, 0.4) is 0 Å². The smallest absolute Gasteiger partial charge is 0.191 e. The first kappa shape index (κ1) is 15.4. The van der Waals surface area contributed by atoms with Gasteiger partial charge in [0, 0.05) is 24.7 Å². The Hall–Kier alpha value is -1.95. The van der Waals surface area contributed by atoms with E-state index in [2.05, 4.69) is 20.6 Å². The minimum atomic E-state index is -0.179. The molecule has 1 aromatic heterocycles. The molecule has 0 unspecified atom stereocenters. The second-order valence-electron chi connectivity index (χ2n) is 4.71. The minimum Gasteiger partial charge on any atom is -0.352 e. The maximum atomic E-state index is 13.2. The van der Waals surface area contributed by atoms with Crippen molar-refractivity contribution in [2.45, 2.75) is 26.9 Å². The standard InChI is InChI=1S/C15H19FN4S/c1-10-6-12(4-5-14(10)16)7-19-15(17-3)20-9-13-8-18-11(2)21-13/h4-6,8H,7,9H2,1-3H3,(H2,17,19,20). The van der Waals surface area contributed by atoms with Gasteiger partial charge in [0.1, 0.15) is 5.82 Å². The molecular weight excluding hydrogens is 287 g/mol. The van der Waals surface area contributed by atoms with Gasteiger partial charge in [-0.15, -0.1) is 11.3 Å². The number of nitrogens with one attached hydrogen (secondary N) is 2. The van der Waals surface area contributed by atoms with Gasteiger partial charge in [-0.2, -0.15) is 0 Å². The maximum Gasteiger partial charge on any atom is 0.191 e. The molecule has 0 aliphatic carbocycles. The number of aromatic nitrogens is 1. The van der Waals surface area contributed by atoms with Crippen molar-refractivity contribution in [2.24, 2.45) is 4.99 Å². The number of benzene rings is 1. The van der Waals surface area contributed by atoms with Crippen molar-refractivity contribution in [1.29, 1.82) is 0 Å². The van der Waals surface area contributed by atoms with Gasteiger partial charge in [0.05, 0.1) is 11.6 Å². The van der Waals surface area contributed by atoms with Crippen LogP contribution in [-0.4, -0.2) is 18.0 Å². The molecule has 0 saturated heterocycles. The molecular formula is C15H19FN4S. The number of halogens is 1. The molecule has 2 rings (SSSR count). The van der Waals surface area contributed by atoms with E-state index in [0.717, 1.165) is 15.4 Å². The number of thiazole rings is 1.